The molecule has 23 heavy (non-hydrogen) atoms. The molecule has 3 aromatic rings. The molecule has 0 aliphatic heterocycles. The Labute approximate surface area is 138 Å². The van der Waals surface area contributed by atoms with E-state index < -0.39 is 5.97 Å². The fourth-order valence-electron chi connectivity index (χ4n) is 3.47. The fourth-order valence-corrected chi connectivity index (χ4v) is 3.65. The number of aromatic nitrogens is 3. The second kappa shape index (κ2) is 4.86. The van der Waals surface area contributed by atoms with Crippen molar-refractivity contribution in [3.05, 3.63) is 46.7 Å². The molecule has 0 amide bonds. The van der Waals surface area contributed by atoms with Crippen LogP contribution in [0, 0.1) is 12.8 Å². The number of carboxylic acids is 1. The number of aliphatic carboxylic acids is 1. The highest BCUT2D eigenvalue weighted by Crippen LogP contribution is 2.50. The zero-order chi connectivity index (χ0) is 16.3. The van der Waals surface area contributed by atoms with Crippen molar-refractivity contribution in [3.63, 3.8) is 0 Å². The van der Waals surface area contributed by atoms with Gasteiger partial charge in [0.1, 0.15) is 5.82 Å². The first-order chi connectivity index (χ1) is 11.0. The van der Waals surface area contributed by atoms with Crippen LogP contribution in [0.4, 0.5) is 0 Å². The summed E-state index contributed by atoms with van der Waals surface area (Å²) in [6.07, 6.45) is 2.67. The second-order valence-corrected chi connectivity index (χ2v) is 6.56. The lowest BCUT2D eigenvalue weighted by molar-refractivity contribution is -0.138. The van der Waals surface area contributed by atoms with Crippen molar-refractivity contribution >= 4 is 28.5 Å². The molecule has 0 bridgehead atoms. The summed E-state index contributed by atoms with van der Waals surface area (Å²) >= 11 is 6.06. The van der Waals surface area contributed by atoms with Gasteiger partial charge in [-0.25, -0.2) is 0 Å². The minimum absolute atomic E-state index is 0.0425. The van der Waals surface area contributed by atoms with Crippen molar-refractivity contribution in [2.75, 3.05) is 0 Å². The topological polar surface area (TPSA) is 60.0 Å². The molecule has 118 valence electrons. The van der Waals surface area contributed by atoms with Crippen molar-refractivity contribution in [2.45, 2.75) is 19.3 Å². The van der Waals surface area contributed by atoms with Gasteiger partial charge in [-0.2, -0.15) is 5.10 Å². The van der Waals surface area contributed by atoms with Crippen LogP contribution in [0.2, 0.25) is 5.02 Å². The van der Waals surface area contributed by atoms with Gasteiger partial charge in [-0.3, -0.25) is 9.48 Å². The largest absolute Gasteiger partial charge is 0.481 e. The molecule has 1 N–H and O–H groups in total. The van der Waals surface area contributed by atoms with Crippen molar-refractivity contribution in [1.29, 1.82) is 0 Å². The van der Waals surface area contributed by atoms with Crippen molar-refractivity contribution in [3.8, 4) is 5.82 Å². The lowest BCUT2D eigenvalue weighted by atomic mass is 10.1. The zero-order valence-electron chi connectivity index (χ0n) is 12.8. The molecule has 0 spiro atoms. The molecular formula is C17H16ClN3O2. The number of fused-ring (bicyclic) bond motifs is 1. The van der Waals surface area contributed by atoms with Gasteiger partial charge in [-0.15, -0.1) is 0 Å². The Morgan fingerprint density at radius 2 is 2.17 bits per heavy atom. The van der Waals surface area contributed by atoms with Crippen LogP contribution in [0.1, 0.15) is 23.6 Å². The molecule has 1 aliphatic carbocycles. The molecular weight excluding hydrogens is 314 g/mol. The maximum Gasteiger partial charge on any atom is 0.307 e. The van der Waals surface area contributed by atoms with E-state index >= 15 is 0 Å². The Morgan fingerprint density at radius 3 is 2.87 bits per heavy atom. The molecule has 0 radical (unpaired) electrons. The highest BCUT2D eigenvalue weighted by molar-refractivity contribution is 6.31. The standard InChI is InChI=1S/C17H16ClN3O2/c1-9-15(12-8-13(12)17(22)23)16(20(2)19-9)21-6-5-10-7-11(18)3-4-14(10)21/h3-7,12-13H,8H2,1-2H3,(H,22,23)/t12-,13-/m1/s1. The monoisotopic (exact) mass is 329 g/mol. The van der Waals surface area contributed by atoms with Gasteiger partial charge in [0.15, 0.2) is 0 Å². The first kappa shape index (κ1) is 14.3. The molecule has 2 atom stereocenters. The zero-order valence-corrected chi connectivity index (χ0v) is 13.6. The van der Waals surface area contributed by atoms with Gasteiger partial charge in [-0.1, -0.05) is 11.6 Å². The summed E-state index contributed by atoms with van der Waals surface area (Å²) in [7, 11) is 1.89. The van der Waals surface area contributed by atoms with Crippen molar-refractivity contribution in [2.24, 2.45) is 13.0 Å². The average molecular weight is 330 g/mol. The molecule has 5 nitrogen and oxygen atoms in total. The fraction of sp³-hybridized carbons (Fsp3) is 0.294. The predicted molar refractivity (Wildman–Crippen MR) is 88.3 cm³/mol. The molecule has 6 heteroatoms. The van der Waals surface area contributed by atoms with E-state index in [0.29, 0.717) is 11.4 Å². The third-order valence-corrected chi connectivity index (χ3v) is 4.83. The van der Waals surface area contributed by atoms with Crippen LogP contribution in [0.3, 0.4) is 0 Å². The van der Waals surface area contributed by atoms with Crippen LogP contribution in [0.25, 0.3) is 16.7 Å². The lowest BCUT2D eigenvalue weighted by Crippen LogP contribution is -2.05. The summed E-state index contributed by atoms with van der Waals surface area (Å²) in [4.78, 5) is 11.3. The maximum atomic E-state index is 11.3. The number of benzene rings is 1. The highest BCUT2D eigenvalue weighted by Gasteiger charge is 2.47. The molecule has 0 saturated heterocycles. The minimum atomic E-state index is -0.728. The van der Waals surface area contributed by atoms with E-state index in [2.05, 4.69) is 9.67 Å². The summed E-state index contributed by atoms with van der Waals surface area (Å²) in [6, 6.07) is 7.77. The molecule has 0 unspecified atom stereocenters. The first-order valence-electron chi connectivity index (χ1n) is 7.50. The molecule has 2 heterocycles. The summed E-state index contributed by atoms with van der Waals surface area (Å²) < 4.78 is 3.90. The van der Waals surface area contributed by atoms with Crippen molar-refractivity contribution < 1.29 is 9.90 Å². The summed E-state index contributed by atoms with van der Waals surface area (Å²) in [5, 5.41) is 15.5. The number of carboxylic acid groups (broad SMARTS) is 1. The minimum Gasteiger partial charge on any atom is -0.481 e. The Balaban J connectivity index is 1.90. The SMILES string of the molecule is Cc1nn(C)c(-n2ccc3cc(Cl)ccc32)c1[C@@H]1C[C@H]1C(=O)O. The van der Waals surface area contributed by atoms with Gasteiger partial charge in [-0.05, 0) is 37.6 Å². The lowest BCUT2D eigenvalue weighted by Gasteiger charge is -2.09. The van der Waals surface area contributed by atoms with Gasteiger partial charge in [0.2, 0.25) is 0 Å². The summed E-state index contributed by atoms with van der Waals surface area (Å²) in [5.74, 6) is -0.0456. The second-order valence-electron chi connectivity index (χ2n) is 6.12. The molecule has 4 rings (SSSR count). The van der Waals surface area contributed by atoms with Gasteiger partial charge >= 0.3 is 5.97 Å². The summed E-state index contributed by atoms with van der Waals surface area (Å²) in [6.45, 7) is 1.94. The molecule has 1 aromatic carbocycles. The highest BCUT2D eigenvalue weighted by atomic mass is 35.5. The first-order valence-corrected chi connectivity index (χ1v) is 7.88. The number of nitrogens with zero attached hydrogens (tertiary/aromatic N) is 3. The van der Waals surface area contributed by atoms with E-state index in [4.69, 9.17) is 11.6 Å². The predicted octanol–water partition coefficient (Wildman–Crippen LogP) is 3.51. The van der Waals surface area contributed by atoms with E-state index in [0.717, 1.165) is 28.0 Å². The van der Waals surface area contributed by atoms with Crippen LogP contribution in [-0.2, 0) is 11.8 Å². The number of aryl methyl sites for hydroxylation is 2. The Morgan fingerprint density at radius 1 is 1.39 bits per heavy atom. The Hall–Kier alpha value is -2.27. The maximum absolute atomic E-state index is 11.3. The Kier molecular flexibility index (Phi) is 3.03. The average Bonchev–Trinajstić information content (AvgIpc) is 3.09. The van der Waals surface area contributed by atoms with E-state index in [1.54, 1.807) is 0 Å². The van der Waals surface area contributed by atoms with Crippen LogP contribution in [-0.4, -0.2) is 25.4 Å². The molecule has 1 saturated carbocycles. The van der Waals surface area contributed by atoms with E-state index in [1.165, 1.54) is 0 Å². The summed E-state index contributed by atoms with van der Waals surface area (Å²) in [5.41, 5.74) is 2.96. The molecule has 2 aromatic heterocycles. The number of hydrogen-bond donors (Lipinski definition) is 1. The van der Waals surface area contributed by atoms with Gasteiger partial charge in [0, 0.05) is 35.1 Å². The van der Waals surface area contributed by atoms with E-state index in [-0.39, 0.29) is 11.8 Å². The van der Waals surface area contributed by atoms with Crippen molar-refractivity contribution in [1.82, 2.24) is 14.3 Å². The normalized spacial score (nSPS) is 20.1. The van der Waals surface area contributed by atoms with Gasteiger partial charge in [0.25, 0.3) is 0 Å². The molecule has 1 fully saturated rings. The Bertz CT molecular complexity index is 941. The van der Waals surface area contributed by atoms with Crippen LogP contribution in [0.15, 0.2) is 30.5 Å². The van der Waals surface area contributed by atoms with E-state index in [9.17, 15) is 9.90 Å². The van der Waals surface area contributed by atoms with Crippen LogP contribution < -0.4 is 0 Å². The van der Waals surface area contributed by atoms with Gasteiger partial charge in [0.05, 0.1) is 17.1 Å². The van der Waals surface area contributed by atoms with Crippen LogP contribution in [0.5, 0.6) is 0 Å². The van der Waals surface area contributed by atoms with E-state index in [1.807, 2.05) is 49.1 Å². The third-order valence-electron chi connectivity index (χ3n) is 4.60. The number of rotatable bonds is 3. The van der Waals surface area contributed by atoms with Crippen LogP contribution >= 0.6 is 11.6 Å². The number of halogens is 1. The smallest absolute Gasteiger partial charge is 0.307 e. The number of carbonyl (C=O) groups is 1. The number of hydrogen-bond acceptors (Lipinski definition) is 2. The third kappa shape index (κ3) is 2.15. The quantitative estimate of drug-likeness (QED) is 0.800. The van der Waals surface area contributed by atoms with Gasteiger partial charge < -0.3 is 9.67 Å². The molecule has 1 aliphatic rings.